The molecule has 0 aromatic heterocycles. The molecule has 0 atom stereocenters. The number of nitrogens with zero attached hydrogens (tertiary/aromatic N) is 1. The first kappa shape index (κ1) is 22.4. The van der Waals surface area contributed by atoms with E-state index in [0.717, 1.165) is 10.4 Å². The Morgan fingerprint density at radius 2 is 1.68 bits per heavy atom. The Labute approximate surface area is 177 Å². The van der Waals surface area contributed by atoms with Gasteiger partial charge < -0.3 is 10.1 Å². The molecule has 11 heteroatoms. The van der Waals surface area contributed by atoms with Crippen LogP contribution in [0.25, 0.3) is 0 Å². The van der Waals surface area contributed by atoms with Gasteiger partial charge in [-0.1, -0.05) is 34.8 Å². The molecule has 0 aliphatic rings. The van der Waals surface area contributed by atoms with Gasteiger partial charge in [-0.3, -0.25) is 4.79 Å². The quantitative estimate of drug-likeness (QED) is 0.657. The SMILES string of the molecule is CN(C)S(=O)(=O)c1cc(C(=O)OCC(=O)Nc2cc(Cl)ccc2Cl)ccc1Cl. The number of halogens is 3. The number of esters is 1. The van der Waals surface area contributed by atoms with E-state index >= 15 is 0 Å². The molecule has 0 spiro atoms. The minimum Gasteiger partial charge on any atom is -0.452 e. The third-order valence-electron chi connectivity index (χ3n) is 3.46. The van der Waals surface area contributed by atoms with Gasteiger partial charge in [-0.2, -0.15) is 0 Å². The van der Waals surface area contributed by atoms with Crippen molar-refractivity contribution in [3.63, 3.8) is 0 Å². The normalized spacial score (nSPS) is 11.4. The summed E-state index contributed by atoms with van der Waals surface area (Å²) in [5, 5.41) is 3.05. The molecular formula is C17H15Cl3N2O5S. The summed E-state index contributed by atoms with van der Waals surface area (Å²) in [6, 6.07) is 8.16. The lowest BCUT2D eigenvalue weighted by Gasteiger charge is -2.13. The standard InChI is InChI=1S/C17H15Cl3N2O5S/c1-22(2)28(25,26)15-7-10(3-5-13(15)20)17(24)27-9-16(23)21-14-8-11(18)4-6-12(14)19/h3-8H,9H2,1-2H3,(H,21,23). The number of amides is 1. The van der Waals surface area contributed by atoms with E-state index < -0.39 is 28.5 Å². The second kappa shape index (κ2) is 9.11. The van der Waals surface area contributed by atoms with Gasteiger partial charge in [0.25, 0.3) is 5.91 Å². The second-order valence-electron chi connectivity index (χ2n) is 5.68. The Hall–Kier alpha value is -1.84. The molecular weight excluding hydrogens is 451 g/mol. The third kappa shape index (κ3) is 5.36. The number of hydrogen-bond acceptors (Lipinski definition) is 5. The summed E-state index contributed by atoms with van der Waals surface area (Å²) in [5.74, 6) is -1.54. The molecule has 150 valence electrons. The fourth-order valence-electron chi connectivity index (χ4n) is 2.02. The van der Waals surface area contributed by atoms with Crippen molar-refractivity contribution >= 4 is 62.4 Å². The number of benzene rings is 2. The first-order valence-electron chi connectivity index (χ1n) is 7.66. The molecule has 0 fully saturated rings. The highest BCUT2D eigenvalue weighted by molar-refractivity contribution is 7.89. The number of ether oxygens (including phenoxy) is 1. The Kier molecular flexibility index (Phi) is 7.30. The van der Waals surface area contributed by atoms with Gasteiger partial charge in [0.1, 0.15) is 4.90 Å². The smallest absolute Gasteiger partial charge is 0.338 e. The van der Waals surface area contributed by atoms with Crippen LogP contribution in [0.3, 0.4) is 0 Å². The van der Waals surface area contributed by atoms with Gasteiger partial charge in [0.05, 0.1) is 21.3 Å². The Morgan fingerprint density at radius 1 is 1.04 bits per heavy atom. The van der Waals surface area contributed by atoms with E-state index in [9.17, 15) is 18.0 Å². The molecule has 2 rings (SSSR count). The number of carbonyl (C=O) groups is 2. The summed E-state index contributed by atoms with van der Waals surface area (Å²) >= 11 is 17.7. The zero-order valence-corrected chi connectivity index (χ0v) is 17.8. The van der Waals surface area contributed by atoms with E-state index in [1.165, 1.54) is 38.4 Å². The van der Waals surface area contributed by atoms with E-state index in [1.54, 1.807) is 6.07 Å². The van der Waals surface area contributed by atoms with E-state index in [1.807, 2.05) is 0 Å². The molecule has 0 saturated heterocycles. The first-order valence-corrected chi connectivity index (χ1v) is 10.2. The number of sulfonamides is 1. The average Bonchev–Trinajstić information content (AvgIpc) is 2.62. The van der Waals surface area contributed by atoms with Gasteiger partial charge in [-0.05, 0) is 36.4 Å². The molecule has 1 amide bonds. The fourth-order valence-corrected chi connectivity index (χ4v) is 3.75. The zero-order chi connectivity index (χ0) is 21.1. The molecule has 0 aliphatic heterocycles. The largest absolute Gasteiger partial charge is 0.452 e. The Morgan fingerprint density at radius 3 is 2.32 bits per heavy atom. The van der Waals surface area contributed by atoms with Gasteiger partial charge in [0.2, 0.25) is 10.0 Å². The van der Waals surface area contributed by atoms with Crippen LogP contribution in [-0.4, -0.2) is 45.3 Å². The van der Waals surface area contributed by atoms with Gasteiger partial charge in [0, 0.05) is 19.1 Å². The number of anilines is 1. The minimum absolute atomic E-state index is 0.0430. The van der Waals surface area contributed by atoms with Crippen LogP contribution < -0.4 is 5.32 Å². The van der Waals surface area contributed by atoms with Crippen LogP contribution in [0.2, 0.25) is 15.1 Å². The van der Waals surface area contributed by atoms with Crippen molar-refractivity contribution in [3.8, 4) is 0 Å². The van der Waals surface area contributed by atoms with Gasteiger partial charge in [-0.25, -0.2) is 17.5 Å². The molecule has 2 aromatic carbocycles. The Bertz CT molecular complexity index is 1030. The van der Waals surface area contributed by atoms with Crippen molar-refractivity contribution in [1.82, 2.24) is 4.31 Å². The van der Waals surface area contributed by atoms with Crippen molar-refractivity contribution in [1.29, 1.82) is 0 Å². The molecule has 0 bridgehead atoms. The summed E-state index contributed by atoms with van der Waals surface area (Å²) in [4.78, 5) is 23.9. The summed E-state index contributed by atoms with van der Waals surface area (Å²) < 4.78 is 30.4. The highest BCUT2D eigenvalue weighted by Gasteiger charge is 2.23. The molecule has 0 unspecified atom stereocenters. The van der Waals surface area contributed by atoms with Crippen LogP contribution in [0.5, 0.6) is 0 Å². The highest BCUT2D eigenvalue weighted by atomic mass is 35.5. The van der Waals surface area contributed by atoms with E-state index in [2.05, 4.69) is 5.32 Å². The molecule has 28 heavy (non-hydrogen) atoms. The first-order chi connectivity index (χ1) is 13.0. The van der Waals surface area contributed by atoms with Crippen molar-refractivity contribution in [2.45, 2.75) is 4.90 Å². The van der Waals surface area contributed by atoms with Gasteiger partial charge in [-0.15, -0.1) is 0 Å². The predicted octanol–water partition coefficient (Wildman–Crippen LogP) is 3.69. The molecule has 0 heterocycles. The van der Waals surface area contributed by atoms with Crippen LogP contribution >= 0.6 is 34.8 Å². The third-order valence-corrected chi connectivity index (χ3v) is 6.32. The monoisotopic (exact) mass is 464 g/mol. The fraction of sp³-hybridized carbons (Fsp3) is 0.176. The van der Waals surface area contributed by atoms with Crippen molar-refractivity contribution in [2.75, 3.05) is 26.0 Å². The molecule has 2 aromatic rings. The van der Waals surface area contributed by atoms with E-state index in [0.29, 0.717) is 5.02 Å². The predicted molar refractivity (Wildman–Crippen MR) is 108 cm³/mol. The molecule has 0 saturated carbocycles. The summed E-state index contributed by atoms with van der Waals surface area (Å²) in [5.41, 5.74) is 0.194. The maximum Gasteiger partial charge on any atom is 0.338 e. The maximum absolute atomic E-state index is 12.3. The van der Waals surface area contributed by atoms with Gasteiger partial charge in [0.15, 0.2) is 6.61 Å². The van der Waals surface area contributed by atoms with Crippen molar-refractivity contribution in [2.24, 2.45) is 0 Å². The number of hydrogen-bond donors (Lipinski definition) is 1. The minimum atomic E-state index is -3.86. The zero-order valence-electron chi connectivity index (χ0n) is 14.7. The molecule has 1 N–H and O–H groups in total. The van der Waals surface area contributed by atoms with Crippen LogP contribution in [0, 0.1) is 0 Å². The molecule has 0 radical (unpaired) electrons. The number of carbonyl (C=O) groups excluding carboxylic acids is 2. The number of nitrogens with one attached hydrogen (secondary N) is 1. The van der Waals surface area contributed by atoms with E-state index in [-0.39, 0.29) is 26.2 Å². The summed E-state index contributed by atoms with van der Waals surface area (Å²) in [6.45, 7) is -0.611. The maximum atomic E-state index is 12.3. The summed E-state index contributed by atoms with van der Waals surface area (Å²) in [7, 11) is -1.19. The van der Waals surface area contributed by atoms with Crippen LogP contribution in [0.4, 0.5) is 5.69 Å². The lowest BCUT2D eigenvalue weighted by Crippen LogP contribution is -2.23. The van der Waals surface area contributed by atoms with Crippen molar-refractivity contribution in [3.05, 3.63) is 57.0 Å². The van der Waals surface area contributed by atoms with Crippen molar-refractivity contribution < 1.29 is 22.7 Å². The molecule has 0 aliphatic carbocycles. The lowest BCUT2D eigenvalue weighted by molar-refractivity contribution is -0.119. The second-order valence-corrected chi connectivity index (χ2v) is 9.05. The van der Waals surface area contributed by atoms with Gasteiger partial charge >= 0.3 is 5.97 Å². The number of rotatable bonds is 6. The topological polar surface area (TPSA) is 92.8 Å². The molecule has 7 nitrogen and oxygen atoms in total. The Balaban J connectivity index is 2.09. The summed E-state index contributed by atoms with van der Waals surface area (Å²) in [6.07, 6.45) is 0. The van der Waals surface area contributed by atoms with Crippen LogP contribution in [0.15, 0.2) is 41.3 Å². The van der Waals surface area contributed by atoms with E-state index in [4.69, 9.17) is 39.5 Å². The lowest BCUT2D eigenvalue weighted by atomic mass is 10.2. The van der Waals surface area contributed by atoms with Crippen LogP contribution in [0.1, 0.15) is 10.4 Å². The highest BCUT2D eigenvalue weighted by Crippen LogP contribution is 2.26. The van der Waals surface area contributed by atoms with Crippen LogP contribution in [-0.2, 0) is 19.6 Å². The average molecular weight is 466 g/mol.